The van der Waals surface area contributed by atoms with Crippen LogP contribution in [0.15, 0.2) is 41.1 Å². The minimum Gasteiger partial charge on any atom is -0.356 e. The van der Waals surface area contributed by atoms with Crippen LogP contribution in [0.3, 0.4) is 0 Å². The van der Waals surface area contributed by atoms with Crippen molar-refractivity contribution >= 4 is 5.91 Å². The summed E-state index contributed by atoms with van der Waals surface area (Å²) in [5, 5.41) is 3.68. The van der Waals surface area contributed by atoms with Crippen molar-refractivity contribution in [2.24, 2.45) is 5.92 Å². The Kier molecular flexibility index (Phi) is 4.00. The largest absolute Gasteiger partial charge is 0.356 e. The molecule has 1 aromatic heterocycles. The fourth-order valence-corrected chi connectivity index (χ4v) is 1.93. The third kappa shape index (κ3) is 3.22. The number of hydrogen-bond acceptors (Lipinski definition) is 3. The Bertz CT molecular complexity index is 530. The molecular weight excluding hydrogens is 240 g/mol. The van der Waals surface area contributed by atoms with E-state index in [0.717, 1.165) is 16.9 Å². The van der Waals surface area contributed by atoms with Crippen molar-refractivity contribution in [2.45, 2.75) is 20.4 Å². The molecule has 0 saturated carbocycles. The zero-order valence-corrected chi connectivity index (χ0v) is 11.5. The second-order valence-corrected chi connectivity index (χ2v) is 4.92. The van der Waals surface area contributed by atoms with E-state index in [1.807, 2.05) is 51.2 Å². The first-order valence-corrected chi connectivity index (χ1v) is 6.33. The van der Waals surface area contributed by atoms with Crippen LogP contribution in [0.5, 0.6) is 0 Å². The summed E-state index contributed by atoms with van der Waals surface area (Å²) >= 11 is 0. The highest BCUT2D eigenvalue weighted by Crippen LogP contribution is 2.19. The summed E-state index contributed by atoms with van der Waals surface area (Å²) < 4.78 is 5.10. The molecule has 1 aromatic carbocycles. The first-order chi connectivity index (χ1) is 9.08. The summed E-state index contributed by atoms with van der Waals surface area (Å²) in [7, 11) is 1.83. The molecule has 4 heteroatoms. The van der Waals surface area contributed by atoms with Crippen molar-refractivity contribution in [2.75, 3.05) is 7.05 Å². The van der Waals surface area contributed by atoms with Crippen molar-refractivity contribution in [1.29, 1.82) is 0 Å². The molecule has 0 radical (unpaired) electrons. The van der Waals surface area contributed by atoms with E-state index < -0.39 is 0 Å². The standard InChI is InChI=1S/C15H18N2O2/c1-11(2)15(18)17(3)10-12-4-6-13(7-5-12)14-8-9-16-19-14/h4-9,11H,10H2,1-3H3. The van der Waals surface area contributed by atoms with Gasteiger partial charge in [-0.25, -0.2) is 0 Å². The van der Waals surface area contributed by atoms with Crippen LogP contribution in [-0.2, 0) is 11.3 Å². The molecule has 0 unspecified atom stereocenters. The molecule has 2 aromatic rings. The van der Waals surface area contributed by atoms with Gasteiger partial charge in [0.25, 0.3) is 0 Å². The van der Waals surface area contributed by atoms with Gasteiger partial charge in [0, 0.05) is 31.1 Å². The van der Waals surface area contributed by atoms with Gasteiger partial charge in [0.05, 0.1) is 6.20 Å². The maximum atomic E-state index is 11.8. The van der Waals surface area contributed by atoms with E-state index in [2.05, 4.69) is 5.16 Å². The minimum absolute atomic E-state index is 0.0264. The minimum atomic E-state index is 0.0264. The van der Waals surface area contributed by atoms with Gasteiger partial charge >= 0.3 is 0 Å². The first kappa shape index (κ1) is 13.3. The van der Waals surface area contributed by atoms with E-state index in [1.54, 1.807) is 11.1 Å². The number of carbonyl (C=O) groups excluding carboxylic acids is 1. The predicted octanol–water partition coefficient (Wildman–Crippen LogP) is 2.96. The zero-order valence-electron chi connectivity index (χ0n) is 11.5. The van der Waals surface area contributed by atoms with Gasteiger partial charge in [-0.05, 0) is 5.56 Å². The van der Waals surface area contributed by atoms with Crippen LogP contribution in [0.25, 0.3) is 11.3 Å². The molecule has 0 N–H and O–H groups in total. The molecule has 19 heavy (non-hydrogen) atoms. The van der Waals surface area contributed by atoms with E-state index in [9.17, 15) is 4.79 Å². The second kappa shape index (κ2) is 5.69. The smallest absolute Gasteiger partial charge is 0.225 e. The van der Waals surface area contributed by atoms with Crippen LogP contribution in [-0.4, -0.2) is 23.0 Å². The Balaban J connectivity index is 2.05. The molecule has 2 rings (SSSR count). The molecule has 4 nitrogen and oxygen atoms in total. The molecule has 1 heterocycles. The summed E-state index contributed by atoms with van der Waals surface area (Å²) in [5.41, 5.74) is 2.08. The van der Waals surface area contributed by atoms with Gasteiger partial charge in [-0.15, -0.1) is 0 Å². The zero-order chi connectivity index (χ0) is 13.8. The average Bonchev–Trinajstić information content (AvgIpc) is 2.92. The molecule has 0 bridgehead atoms. The van der Waals surface area contributed by atoms with Crippen LogP contribution < -0.4 is 0 Å². The lowest BCUT2D eigenvalue weighted by atomic mass is 10.1. The maximum absolute atomic E-state index is 11.8. The molecule has 0 saturated heterocycles. The fourth-order valence-electron chi connectivity index (χ4n) is 1.93. The van der Waals surface area contributed by atoms with Gasteiger partial charge in [0.15, 0.2) is 5.76 Å². The Morgan fingerprint density at radius 1 is 1.26 bits per heavy atom. The number of aromatic nitrogens is 1. The Morgan fingerprint density at radius 3 is 2.47 bits per heavy atom. The lowest BCUT2D eigenvalue weighted by Gasteiger charge is -2.19. The number of nitrogens with zero attached hydrogens (tertiary/aromatic N) is 2. The molecule has 100 valence electrons. The monoisotopic (exact) mass is 258 g/mol. The highest BCUT2D eigenvalue weighted by molar-refractivity contribution is 5.77. The Morgan fingerprint density at radius 2 is 1.95 bits per heavy atom. The van der Waals surface area contributed by atoms with E-state index >= 15 is 0 Å². The summed E-state index contributed by atoms with van der Waals surface area (Å²) in [6.07, 6.45) is 1.62. The van der Waals surface area contributed by atoms with Gasteiger partial charge in [-0.1, -0.05) is 43.3 Å². The van der Waals surface area contributed by atoms with Crippen molar-refractivity contribution < 1.29 is 9.32 Å². The number of rotatable bonds is 4. The molecule has 0 aliphatic heterocycles. The first-order valence-electron chi connectivity index (χ1n) is 6.33. The normalized spacial score (nSPS) is 10.7. The van der Waals surface area contributed by atoms with Crippen LogP contribution in [0.1, 0.15) is 19.4 Å². The summed E-state index contributed by atoms with van der Waals surface area (Å²) in [4.78, 5) is 13.5. The van der Waals surface area contributed by atoms with Gasteiger partial charge in [0.1, 0.15) is 0 Å². The number of amides is 1. The van der Waals surface area contributed by atoms with E-state index in [1.165, 1.54) is 0 Å². The SMILES string of the molecule is CC(C)C(=O)N(C)Cc1ccc(-c2ccno2)cc1. The number of carbonyl (C=O) groups is 1. The van der Waals surface area contributed by atoms with E-state index in [4.69, 9.17) is 4.52 Å². The summed E-state index contributed by atoms with van der Waals surface area (Å²) in [5.74, 6) is 0.927. The number of benzene rings is 1. The lowest BCUT2D eigenvalue weighted by Crippen LogP contribution is -2.29. The van der Waals surface area contributed by atoms with Crippen molar-refractivity contribution in [3.8, 4) is 11.3 Å². The third-order valence-corrected chi connectivity index (χ3v) is 2.97. The van der Waals surface area contributed by atoms with Crippen LogP contribution in [0.4, 0.5) is 0 Å². The van der Waals surface area contributed by atoms with Crippen molar-refractivity contribution in [3.05, 3.63) is 42.1 Å². The molecule has 0 atom stereocenters. The van der Waals surface area contributed by atoms with Gasteiger partial charge in [-0.3, -0.25) is 4.79 Å². The summed E-state index contributed by atoms with van der Waals surface area (Å²) in [6.45, 7) is 4.44. The highest BCUT2D eigenvalue weighted by atomic mass is 16.5. The van der Waals surface area contributed by atoms with Gasteiger partial charge < -0.3 is 9.42 Å². The van der Waals surface area contributed by atoms with Crippen molar-refractivity contribution in [3.63, 3.8) is 0 Å². The molecule has 1 amide bonds. The quantitative estimate of drug-likeness (QED) is 0.847. The number of hydrogen-bond donors (Lipinski definition) is 0. The van der Waals surface area contributed by atoms with E-state index in [-0.39, 0.29) is 11.8 Å². The second-order valence-electron chi connectivity index (χ2n) is 4.92. The van der Waals surface area contributed by atoms with Crippen molar-refractivity contribution in [1.82, 2.24) is 10.1 Å². The third-order valence-electron chi connectivity index (χ3n) is 2.97. The molecule has 0 spiro atoms. The highest BCUT2D eigenvalue weighted by Gasteiger charge is 2.13. The van der Waals surface area contributed by atoms with Gasteiger partial charge in [0.2, 0.25) is 5.91 Å². The van der Waals surface area contributed by atoms with Crippen LogP contribution >= 0.6 is 0 Å². The van der Waals surface area contributed by atoms with Crippen LogP contribution in [0, 0.1) is 5.92 Å². The topological polar surface area (TPSA) is 46.3 Å². The molecule has 0 fully saturated rings. The average molecular weight is 258 g/mol. The Hall–Kier alpha value is -2.10. The van der Waals surface area contributed by atoms with Crippen LogP contribution in [0.2, 0.25) is 0 Å². The molecular formula is C15H18N2O2. The van der Waals surface area contributed by atoms with Gasteiger partial charge in [-0.2, -0.15) is 0 Å². The lowest BCUT2D eigenvalue weighted by molar-refractivity contribution is -0.133. The maximum Gasteiger partial charge on any atom is 0.225 e. The molecule has 0 aliphatic rings. The fraction of sp³-hybridized carbons (Fsp3) is 0.333. The Labute approximate surface area is 113 Å². The summed E-state index contributed by atoms with van der Waals surface area (Å²) in [6, 6.07) is 9.78. The van der Waals surface area contributed by atoms with E-state index in [0.29, 0.717) is 6.54 Å². The predicted molar refractivity (Wildman–Crippen MR) is 73.3 cm³/mol. The molecule has 0 aliphatic carbocycles.